The van der Waals surface area contributed by atoms with E-state index in [1.165, 1.54) is 38.6 Å². The summed E-state index contributed by atoms with van der Waals surface area (Å²) in [7, 11) is -1.36. The number of hydrazone groups is 1. The van der Waals surface area contributed by atoms with E-state index in [4.69, 9.17) is 37.4 Å². The van der Waals surface area contributed by atoms with Crippen molar-refractivity contribution >= 4 is 51.0 Å². The number of hydrogen-bond acceptors (Lipinski definition) is 7. The van der Waals surface area contributed by atoms with Gasteiger partial charge >= 0.3 is 0 Å². The maximum Gasteiger partial charge on any atom is 0.264 e. The predicted octanol–water partition coefficient (Wildman–Crippen LogP) is 4.75. The Hall–Kier alpha value is -3.47. The van der Waals surface area contributed by atoms with Gasteiger partial charge in [-0.25, -0.2) is 13.8 Å². The van der Waals surface area contributed by atoms with Gasteiger partial charge in [-0.3, -0.25) is 9.10 Å². The summed E-state index contributed by atoms with van der Waals surface area (Å²) in [5.74, 6) is 0.481. The van der Waals surface area contributed by atoms with E-state index < -0.39 is 22.5 Å². The van der Waals surface area contributed by atoms with Crippen LogP contribution in [0.5, 0.6) is 17.2 Å². The van der Waals surface area contributed by atoms with Gasteiger partial charge in [0.2, 0.25) is 0 Å². The molecule has 0 aliphatic carbocycles. The smallest absolute Gasteiger partial charge is 0.264 e. The van der Waals surface area contributed by atoms with Gasteiger partial charge in [-0.1, -0.05) is 29.3 Å². The van der Waals surface area contributed by atoms with E-state index in [1.54, 1.807) is 42.5 Å². The second-order valence-electron chi connectivity index (χ2n) is 7.42. The van der Waals surface area contributed by atoms with Crippen LogP contribution in [0.25, 0.3) is 0 Å². The molecule has 0 saturated heterocycles. The van der Waals surface area contributed by atoms with Gasteiger partial charge in [0.15, 0.2) is 11.5 Å². The Morgan fingerprint density at radius 3 is 2.30 bits per heavy atom. The zero-order chi connectivity index (χ0) is 27.0. The summed E-state index contributed by atoms with van der Waals surface area (Å²) in [5.41, 5.74) is 3.19. The van der Waals surface area contributed by atoms with Crippen molar-refractivity contribution in [2.24, 2.45) is 5.10 Å². The molecule has 0 fully saturated rings. The summed E-state index contributed by atoms with van der Waals surface area (Å²) < 4.78 is 44.2. The maximum absolute atomic E-state index is 13.7. The number of sulfonamides is 1. The van der Waals surface area contributed by atoms with Crippen molar-refractivity contribution in [3.8, 4) is 17.2 Å². The third kappa shape index (κ3) is 7.06. The summed E-state index contributed by atoms with van der Waals surface area (Å²) in [6.07, 6.45) is 1.37. The van der Waals surface area contributed by atoms with Crippen molar-refractivity contribution in [1.82, 2.24) is 5.43 Å². The van der Waals surface area contributed by atoms with Gasteiger partial charge in [0.1, 0.15) is 12.3 Å². The maximum atomic E-state index is 13.7. The topological polar surface area (TPSA) is 107 Å². The lowest BCUT2D eigenvalue weighted by Crippen LogP contribution is -2.39. The number of nitrogens with one attached hydrogen (secondary N) is 1. The highest BCUT2D eigenvalue weighted by molar-refractivity contribution is 7.92. The lowest BCUT2D eigenvalue weighted by molar-refractivity contribution is -0.119. The molecule has 3 rings (SSSR count). The largest absolute Gasteiger partial charge is 0.494 e. The number of carbonyl (C=O) groups excluding carboxylic acids is 1. The van der Waals surface area contributed by atoms with Gasteiger partial charge in [0.05, 0.1) is 47.7 Å². The first kappa shape index (κ1) is 28.1. The standard InChI is InChI=1S/C25H25Cl2N3O6S/c1-4-36-19-8-6-18(7-9-19)30(37(32,33)20-10-12-23(34-2)24(14-20)35-3)16-25(31)29-28-15-17-5-11-21(26)22(27)13-17/h5-15H,4,16H2,1-3H3,(H,29,31)/b28-15-. The van der Waals surface area contributed by atoms with Crippen LogP contribution >= 0.6 is 23.2 Å². The predicted molar refractivity (Wildman–Crippen MR) is 144 cm³/mol. The Labute approximate surface area is 225 Å². The van der Waals surface area contributed by atoms with E-state index >= 15 is 0 Å². The van der Waals surface area contributed by atoms with E-state index in [9.17, 15) is 13.2 Å². The zero-order valence-electron chi connectivity index (χ0n) is 20.3. The van der Waals surface area contributed by atoms with Crippen LogP contribution in [0.1, 0.15) is 12.5 Å². The number of benzene rings is 3. The van der Waals surface area contributed by atoms with E-state index in [2.05, 4.69) is 10.5 Å². The first-order valence-electron chi connectivity index (χ1n) is 10.9. The third-order valence-electron chi connectivity index (χ3n) is 5.01. The molecule has 12 heteroatoms. The Kier molecular flexibility index (Phi) is 9.62. The van der Waals surface area contributed by atoms with Crippen LogP contribution in [0.3, 0.4) is 0 Å². The molecule has 37 heavy (non-hydrogen) atoms. The average Bonchev–Trinajstić information content (AvgIpc) is 2.89. The van der Waals surface area contributed by atoms with Crippen molar-refractivity contribution in [1.29, 1.82) is 0 Å². The molecule has 0 aliphatic rings. The molecule has 3 aromatic carbocycles. The van der Waals surface area contributed by atoms with Crippen LogP contribution in [0, 0.1) is 0 Å². The van der Waals surface area contributed by atoms with Crippen LogP contribution in [0.2, 0.25) is 10.0 Å². The molecule has 196 valence electrons. The van der Waals surface area contributed by atoms with E-state index in [1.807, 2.05) is 6.92 Å². The molecular formula is C25H25Cl2N3O6S. The number of anilines is 1. The van der Waals surface area contributed by atoms with Gasteiger partial charge in [-0.15, -0.1) is 0 Å². The molecule has 0 unspecified atom stereocenters. The fourth-order valence-electron chi connectivity index (χ4n) is 3.23. The van der Waals surface area contributed by atoms with Crippen molar-refractivity contribution in [2.45, 2.75) is 11.8 Å². The van der Waals surface area contributed by atoms with Gasteiger partial charge in [0, 0.05) is 6.07 Å². The first-order chi connectivity index (χ1) is 17.7. The van der Waals surface area contributed by atoms with Gasteiger partial charge in [-0.05, 0) is 61.0 Å². The first-order valence-corrected chi connectivity index (χ1v) is 13.1. The molecular weight excluding hydrogens is 541 g/mol. The number of carbonyl (C=O) groups is 1. The number of ether oxygens (including phenoxy) is 3. The molecule has 3 aromatic rings. The molecule has 0 aromatic heterocycles. The lowest BCUT2D eigenvalue weighted by Gasteiger charge is -2.24. The molecule has 0 heterocycles. The molecule has 0 radical (unpaired) electrons. The van der Waals surface area contributed by atoms with Crippen LogP contribution < -0.4 is 23.9 Å². The highest BCUT2D eigenvalue weighted by Crippen LogP contribution is 2.32. The number of halogens is 2. The van der Waals surface area contributed by atoms with Crippen molar-refractivity contribution in [2.75, 3.05) is 31.7 Å². The summed E-state index contributed by atoms with van der Waals surface area (Å²) in [6, 6.07) is 15.4. The fourth-order valence-corrected chi connectivity index (χ4v) is 4.98. The Balaban J connectivity index is 1.90. The molecule has 0 saturated carbocycles. The zero-order valence-corrected chi connectivity index (χ0v) is 22.6. The Bertz CT molecular complexity index is 1380. The minimum absolute atomic E-state index is 0.0915. The lowest BCUT2D eigenvalue weighted by atomic mass is 10.2. The summed E-state index contributed by atoms with van der Waals surface area (Å²) in [5, 5.41) is 4.61. The summed E-state index contributed by atoms with van der Waals surface area (Å²) in [6.45, 7) is 1.74. The van der Waals surface area contributed by atoms with Crippen LogP contribution in [-0.4, -0.2) is 47.9 Å². The Morgan fingerprint density at radius 2 is 1.68 bits per heavy atom. The molecule has 0 bridgehead atoms. The molecule has 0 atom stereocenters. The monoisotopic (exact) mass is 565 g/mol. The van der Waals surface area contributed by atoms with Crippen LogP contribution in [-0.2, 0) is 14.8 Å². The summed E-state index contributed by atoms with van der Waals surface area (Å²) in [4.78, 5) is 12.7. The minimum atomic E-state index is -4.21. The molecule has 1 amide bonds. The van der Waals surface area contributed by atoms with Gasteiger partial charge < -0.3 is 14.2 Å². The normalized spacial score (nSPS) is 11.3. The SMILES string of the molecule is CCOc1ccc(N(CC(=O)N/N=C\c2ccc(Cl)c(Cl)c2)S(=O)(=O)c2ccc(OC)c(OC)c2)cc1. The number of amides is 1. The highest BCUT2D eigenvalue weighted by atomic mass is 35.5. The Morgan fingerprint density at radius 1 is 0.973 bits per heavy atom. The van der Waals surface area contributed by atoms with Crippen molar-refractivity contribution in [3.63, 3.8) is 0 Å². The second-order valence-corrected chi connectivity index (χ2v) is 10.1. The van der Waals surface area contributed by atoms with Crippen LogP contribution in [0.4, 0.5) is 5.69 Å². The van der Waals surface area contributed by atoms with E-state index in [0.717, 1.165) is 4.31 Å². The minimum Gasteiger partial charge on any atom is -0.494 e. The summed E-state index contributed by atoms with van der Waals surface area (Å²) >= 11 is 11.9. The molecule has 0 aliphatic heterocycles. The fraction of sp³-hybridized carbons (Fsp3) is 0.200. The van der Waals surface area contributed by atoms with Gasteiger partial charge in [-0.2, -0.15) is 5.10 Å². The van der Waals surface area contributed by atoms with E-state index in [0.29, 0.717) is 33.7 Å². The molecule has 1 N–H and O–H groups in total. The molecule has 0 spiro atoms. The quantitative estimate of drug-likeness (QED) is 0.265. The highest BCUT2D eigenvalue weighted by Gasteiger charge is 2.28. The average molecular weight is 566 g/mol. The second kappa shape index (κ2) is 12.7. The van der Waals surface area contributed by atoms with Crippen LogP contribution in [0.15, 0.2) is 70.7 Å². The van der Waals surface area contributed by atoms with E-state index in [-0.39, 0.29) is 16.3 Å². The number of hydrogen-bond donors (Lipinski definition) is 1. The van der Waals surface area contributed by atoms with Gasteiger partial charge in [0.25, 0.3) is 15.9 Å². The number of nitrogens with zero attached hydrogens (tertiary/aromatic N) is 2. The number of methoxy groups -OCH3 is 2. The third-order valence-corrected chi connectivity index (χ3v) is 7.52. The van der Waals surface area contributed by atoms with Crippen molar-refractivity contribution in [3.05, 3.63) is 76.3 Å². The van der Waals surface area contributed by atoms with Crippen molar-refractivity contribution < 1.29 is 27.4 Å². The molecule has 9 nitrogen and oxygen atoms in total. The number of rotatable bonds is 11.